The van der Waals surface area contributed by atoms with Gasteiger partial charge in [-0.15, -0.1) is 0 Å². The van der Waals surface area contributed by atoms with Gasteiger partial charge in [-0.3, -0.25) is 0 Å². The number of halogens is 27. The van der Waals surface area contributed by atoms with Crippen molar-refractivity contribution in [3.63, 3.8) is 0 Å². The second kappa shape index (κ2) is 23.3. The van der Waals surface area contributed by atoms with Crippen LogP contribution in [0.4, 0.5) is 119 Å². The average molecular weight is 1430 g/mol. The number of hydrogen-bond acceptors (Lipinski definition) is 1. The van der Waals surface area contributed by atoms with Crippen molar-refractivity contribution in [2.24, 2.45) is 0 Å². The zero-order valence-electron chi connectivity index (χ0n) is 48.9. The summed E-state index contributed by atoms with van der Waals surface area (Å²) in [4.78, 5) is 0. The van der Waals surface area contributed by atoms with E-state index in [4.69, 9.17) is 0 Å². The highest BCUT2D eigenvalue weighted by Crippen LogP contribution is 2.50. The summed E-state index contributed by atoms with van der Waals surface area (Å²) in [5.41, 5.74) is -23.7. The Bertz CT molecular complexity index is 4970. The maximum atomic E-state index is 15.3. The molecule has 0 fully saturated rings. The first-order valence-corrected chi connectivity index (χ1v) is 28.3. The van der Waals surface area contributed by atoms with Gasteiger partial charge in [-0.05, 0) is 196 Å². The predicted molar refractivity (Wildman–Crippen MR) is 312 cm³/mol. The molecule has 2 heterocycles. The Morgan fingerprint density at radius 3 is 0.700 bits per heavy atom. The van der Waals surface area contributed by atoms with Crippen molar-refractivity contribution >= 4 is 43.6 Å². The minimum Gasteiger partial charge on any atom is -0.309 e. The molecule has 0 aliphatic heterocycles. The molecule has 100 heavy (non-hydrogen) atoms. The van der Waals surface area contributed by atoms with E-state index in [0.717, 1.165) is 95.6 Å². The summed E-state index contributed by atoms with van der Waals surface area (Å²) in [5, 5.41) is 9.30. The number of alkyl halides is 27. The second-order valence-corrected chi connectivity index (χ2v) is 22.9. The van der Waals surface area contributed by atoms with Crippen molar-refractivity contribution in [3.05, 3.63) is 238 Å². The first kappa shape index (κ1) is 69.3. The topological polar surface area (TPSA) is 33.6 Å². The fraction of sp³-hybridized carbons (Fsp3) is 0.129. The van der Waals surface area contributed by atoms with Crippen LogP contribution in [-0.2, 0) is 55.6 Å². The zero-order valence-corrected chi connectivity index (χ0v) is 48.9. The van der Waals surface area contributed by atoms with Gasteiger partial charge in [-0.1, -0.05) is 30.3 Å². The van der Waals surface area contributed by atoms with E-state index in [1.165, 1.54) is 10.6 Å². The highest BCUT2D eigenvalue weighted by molar-refractivity contribution is 6.14. The summed E-state index contributed by atoms with van der Waals surface area (Å²) in [6.45, 7) is 0. The van der Waals surface area contributed by atoms with Gasteiger partial charge in [0.1, 0.15) is 0 Å². The van der Waals surface area contributed by atoms with Crippen LogP contribution < -0.4 is 0 Å². The molecule has 30 heteroatoms. The van der Waals surface area contributed by atoms with E-state index in [2.05, 4.69) is 0 Å². The van der Waals surface area contributed by atoms with Gasteiger partial charge < -0.3 is 9.13 Å². The summed E-state index contributed by atoms with van der Waals surface area (Å²) >= 11 is 0. The molecular formula is C70H30F27N3. The maximum Gasteiger partial charge on any atom is 0.416 e. The van der Waals surface area contributed by atoms with E-state index in [1.807, 2.05) is 6.07 Å². The van der Waals surface area contributed by atoms with Gasteiger partial charge in [-0.2, -0.15) is 124 Å². The minimum atomic E-state index is -5.44. The van der Waals surface area contributed by atoms with Crippen LogP contribution in [0.25, 0.3) is 111 Å². The largest absolute Gasteiger partial charge is 0.416 e. The van der Waals surface area contributed by atoms with Gasteiger partial charge in [0, 0.05) is 32.7 Å². The molecule has 10 aromatic carbocycles. The summed E-state index contributed by atoms with van der Waals surface area (Å²) in [6, 6.07) is 20.8. The average Bonchev–Trinajstić information content (AvgIpc) is 1.56. The summed E-state index contributed by atoms with van der Waals surface area (Å²) in [6.07, 6.45) is -48.7. The molecule has 12 rings (SSSR count). The standard InChI is InChI=1S/C70H30F27N3/c71-62(72,73)41-6-7-50(61(30-41)100-59-11-4-35(39-18-46(67(86,87)88)28-47(19-39)68(89,90)91)24-54(59)55-25-36(5-12-60(55)100)40-20-48(69(92,93)94)29-49(21-40)70(95,96)97)51-13-32(31-98)1-8-56(51)99-57-9-2-33(37-14-42(63(74,75)76)26-43(15-37)64(77,78)79)22-52(57)53-23-34(3-10-58(53)99)38-16-44(65(80,81)82)27-45(17-38)66(83,84)85/h1-30H. The highest BCUT2D eigenvalue weighted by atomic mass is 19.4. The number of nitrogens with zero attached hydrogens (tertiary/aromatic N) is 3. The number of hydrogen-bond donors (Lipinski definition) is 0. The molecule has 0 saturated carbocycles. The molecule has 514 valence electrons. The Morgan fingerprint density at radius 1 is 0.210 bits per heavy atom. The van der Waals surface area contributed by atoms with Crippen LogP contribution in [0.5, 0.6) is 0 Å². The molecule has 0 bridgehead atoms. The van der Waals surface area contributed by atoms with E-state index < -0.39 is 156 Å². The van der Waals surface area contributed by atoms with Crippen molar-refractivity contribution in [2.45, 2.75) is 55.6 Å². The van der Waals surface area contributed by atoms with Crippen LogP contribution in [0.15, 0.2) is 182 Å². The Hall–Kier alpha value is -10.6. The Morgan fingerprint density at radius 2 is 0.460 bits per heavy atom. The molecule has 0 saturated heterocycles. The van der Waals surface area contributed by atoms with Crippen molar-refractivity contribution < 1.29 is 119 Å². The quantitative estimate of drug-likeness (QED) is 0.146. The smallest absolute Gasteiger partial charge is 0.309 e. The van der Waals surface area contributed by atoms with Crippen LogP contribution in [0.3, 0.4) is 0 Å². The third kappa shape index (κ3) is 13.1. The van der Waals surface area contributed by atoms with E-state index in [-0.39, 0.29) is 90.3 Å². The molecule has 2 aromatic heterocycles. The molecule has 0 radical (unpaired) electrons. The van der Waals surface area contributed by atoms with Gasteiger partial charge in [0.2, 0.25) is 0 Å². The number of aromatic nitrogens is 2. The predicted octanol–water partition coefficient (Wildman–Crippen LogP) is 25.3. The third-order valence-electron chi connectivity index (χ3n) is 16.4. The number of benzene rings is 10. The molecule has 3 nitrogen and oxygen atoms in total. The SMILES string of the molecule is N#Cc1ccc(-n2c3ccc(-c4cc(C(F)(F)F)cc(C(F)(F)F)c4)cc3c3cc(-c4cc(C(F)(F)F)cc(C(F)(F)F)c4)ccc32)c(-c2ccc(C(F)(F)F)cc2-n2c3ccc(-c4cc(C(F)(F)F)cc(C(F)(F)F)c4)cc3c3cc(-c4cc(C(F)(F)F)cc(C(F)(F)F)c4)ccc32)c1. The molecule has 0 N–H and O–H groups in total. The summed E-state index contributed by atoms with van der Waals surface area (Å²) in [5.74, 6) is 0. The monoisotopic (exact) mass is 1430 g/mol. The second-order valence-electron chi connectivity index (χ2n) is 22.9. The maximum absolute atomic E-state index is 15.3. The Labute approximate surface area is 541 Å². The summed E-state index contributed by atoms with van der Waals surface area (Å²) in [7, 11) is 0. The lowest BCUT2D eigenvalue weighted by molar-refractivity contribution is -0.144. The number of rotatable bonds is 7. The molecular weight excluding hydrogens is 1400 g/mol. The number of fused-ring (bicyclic) bond motifs is 6. The van der Waals surface area contributed by atoms with Gasteiger partial charge in [0.15, 0.2) is 0 Å². The van der Waals surface area contributed by atoms with E-state index in [0.29, 0.717) is 60.7 Å². The highest BCUT2D eigenvalue weighted by Gasteiger charge is 2.42. The third-order valence-corrected chi connectivity index (χ3v) is 16.4. The van der Waals surface area contributed by atoms with E-state index in [9.17, 15) is 111 Å². The Kier molecular flexibility index (Phi) is 16.1. The van der Waals surface area contributed by atoms with Crippen LogP contribution in [0, 0.1) is 11.3 Å². The van der Waals surface area contributed by atoms with Crippen molar-refractivity contribution in [1.29, 1.82) is 5.26 Å². The first-order valence-electron chi connectivity index (χ1n) is 28.3. The van der Waals surface area contributed by atoms with Crippen molar-refractivity contribution in [1.82, 2.24) is 9.13 Å². The van der Waals surface area contributed by atoms with Crippen LogP contribution >= 0.6 is 0 Å². The lowest BCUT2D eigenvalue weighted by Crippen LogP contribution is -2.11. The van der Waals surface area contributed by atoms with Crippen molar-refractivity contribution in [2.75, 3.05) is 0 Å². The molecule has 0 aliphatic rings. The Balaban J connectivity index is 1.18. The summed E-state index contributed by atoms with van der Waals surface area (Å²) < 4.78 is 392. The van der Waals surface area contributed by atoms with Gasteiger partial charge in [-0.25, -0.2) is 0 Å². The molecule has 0 spiro atoms. The van der Waals surface area contributed by atoms with Gasteiger partial charge in [0.25, 0.3) is 0 Å². The normalized spacial score (nSPS) is 13.3. The zero-order chi connectivity index (χ0) is 72.9. The van der Waals surface area contributed by atoms with Crippen LogP contribution in [0.2, 0.25) is 0 Å². The lowest BCUT2D eigenvalue weighted by Gasteiger charge is -2.20. The van der Waals surface area contributed by atoms with Gasteiger partial charge >= 0.3 is 55.6 Å². The number of nitriles is 1. The fourth-order valence-electron chi connectivity index (χ4n) is 11.9. The minimum absolute atomic E-state index is 0.165. The van der Waals surface area contributed by atoms with Crippen molar-refractivity contribution in [3.8, 4) is 73.1 Å². The van der Waals surface area contributed by atoms with Crippen LogP contribution in [0.1, 0.15) is 55.6 Å². The molecule has 0 atom stereocenters. The van der Waals surface area contributed by atoms with E-state index >= 15 is 13.2 Å². The first-order chi connectivity index (χ1) is 46.1. The fourth-order valence-corrected chi connectivity index (χ4v) is 11.9. The van der Waals surface area contributed by atoms with Crippen LogP contribution in [-0.4, -0.2) is 9.13 Å². The van der Waals surface area contributed by atoms with Gasteiger partial charge in [0.05, 0.1) is 95.1 Å². The molecule has 12 aromatic rings. The molecule has 0 unspecified atom stereocenters. The van der Waals surface area contributed by atoms with E-state index in [1.54, 1.807) is 0 Å². The molecule has 0 amide bonds. The molecule has 0 aliphatic carbocycles. The lowest BCUT2D eigenvalue weighted by atomic mass is 9.96.